The van der Waals surface area contributed by atoms with Gasteiger partial charge in [0.15, 0.2) is 0 Å². The third-order valence-corrected chi connectivity index (χ3v) is 8.00. The molecule has 0 spiro atoms. The average molecular weight is 454 g/mol. The average Bonchev–Trinajstić information content (AvgIpc) is 2.77. The van der Waals surface area contributed by atoms with Crippen LogP contribution in [-0.4, -0.2) is 53.3 Å². The SMILES string of the molecule is CCC(C)COc1cc(C2=CC(=O)N3C=C(N4C[C@@H](C)N[C@@H](C)C4)C=CC3P2)ccc1C. The highest BCUT2D eigenvalue weighted by molar-refractivity contribution is 7.51. The van der Waals surface area contributed by atoms with Crippen LogP contribution in [0, 0.1) is 12.8 Å². The lowest BCUT2D eigenvalue weighted by molar-refractivity contribution is -0.123. The van der Waals surface area contributed by atoms with Crippen LogP contribution in [0.15, 0.2) is 48.3 Å². The van der Waals surface area contributed by atoms with Crippen molar-refractivity contribution in [3.8, 4) is 5.75 Å². The normalized spacial score (nSPS) is 27.2. The van der Waals surface area contributed by atoms with E-state index in [1.54, 1.807) is 0 Å². The van der Waals surface area contributed by atoms with Gasteiger partial charge < -0.3 is 19.9 Å². The first kappa shape index (κ1) is 23.1. The number of rotatable bonds is 6. The Morgan fingerprint density at radius 1 is 1.25 bits per heavy atom. The maximum atomic E-state index is 13.1. The molecule has 1 aromatic rings. The molecule has 3 aliphatic rings. The van der Waals surface area contributed by atoms with E-state index in [9.17, 15) is 4.79 Å². The Morgan fingerprint density at radius 2 is 2.00 bits per heavy atom. The number of allylic oxidation sites excluding steroid dienone is 1. The Morgan fingerprint density at radius 3 is 2.72 bits per heavy atom. The molecule has 1 fully saturated rings. The highest BCUT2D eigenvalue weighted by Gasteiger charge is 2.31. The molecule has 1 N–H and O–H groups in total. The van der Waals surface area contributed by atoms with Crippen molar-refractivity contribution >= 4 is 19.8 Å². The molecule has 0 radical (unpaired) electrons. The topological polar surface area (TPSA) is 44.8 Å². The fourth-order valence-electron chi connectivity index (χ4n) is 4.43. The van der Waals surface area contributed by atoms with Crippen LogP contribution < -0.4 is 10.1 Å². The molecule has 1 amide bonds. The zero-order valence-electron chi connectivity index (χ0n) is 19.9. The fraction of sp³-hybridized carbons (Fsp3) is 0.500. The van der Waals surface area contributed by atoms with Crippen molar-refractivity contribution in [2.75, 3.05) is 19.7 Å². The summed E-state index contributed by atoms with van der Waals surface area (Å²) in [6.07, 6.45) is 9.36. The number of nitrogens with zero attached hydrogens (tertiary/aromatic N) is 2. The number of aryl methyl sites for hydroxylation is 1. The van der Waals surface area contributed by atoms with Gasteiger partial charge in [-0.1, -0.05) is 47.1 Å². The van der Waals surface area contributed by atoms with Gasteiger partial charge in [-0.15, -0.1) is 0 Å². The van der Waals surface area contributed by atoms with E-state index in [4.69, 9.17) is 4.74 Å². The number of hydrogen-bond donors (Lipinski definition) is 1. The van der Waals surface area contributed by atoms with Crippen LogP contribution >= 0.6 is 8.58 Å². The first-order valence-electron chi connectivity index (χ1n) is 11.8. The molecule has 4 rings (SSSR count). The van der Waals surface area contributed by atoms with Crippen LogP contribution in [0.2, 0.25) is 0 Å². The van der Waals surface area contributed by atoms with E-state index < -0.39 is 0 Å². The fourth-order valence-corrected chi connectivity index (χ4v) is 5.81. The van der Waals surface area contributed by atoms with E-state index in [2.05, 4.69) is 75.2 Å². The van der Waals surface area contributed by atoms with Gasteiger partial charge >= 0.3 is 0 Å². The summed E-state index contributed by atoms with van der Waals surface area (Å²) in [7, 11) is 0.514. The van der Waals surface area contributed by atoms with Crippen LogP contribution in [0.5, 0.6) is 5.75 Å². The summed E-state index contributed by atoms with van der Waals surface area (Å²) in [5.41, 5.74) is 3.36. The predicted molar refractivity (Wildman–Crippen MR) is 134 cm³/mol. The van der Waals surface area contributed by atoms with Crippen LogP contribution in [0.1, 0.15) is 45.2 Å². The Labute approximate surface area is 194 Å². The summed E-state index contributed by atoms with van der Waals surface area (Å²) in [5, 5.41) is 4.68. The van der Waals surface area contributed by atoms with Gasteiger partial charge in [0, 0.05) is 37.4 Å². The quantitative estimate of drug-likeness (QED) is 0.634. The van der Waals surface area contributed by atoms with E-state index >= 15 is 0 Å². The molecule has 3 unspecified atom stereocenters. The second-order valence-electron chi connectivity index (χ2n) is 9.48. The number of piperazine rings is 1. The highest BCUT2D eigenvalue weighted by atomic mass is 31.1. The number of carbonyl (C=O) groups excluding carboxylic acids is 1. The van der Waals surface area contributed by atoms with Crippen LogP contribution in [0.3, 0.4) is 0 Å². The Hall–Kier alpha value is -2.10. The number of hydrogen-bond acceptors (Lipinski definition) is 4. The molecule has 0 aliphatic carbocycles. The zero-order valence-corrected chi connectivity index (χ0v) is 20.9. The smallest absolute Gasteiger partial charge is 0.252 e. The number of amides is 1. The monoisotopic (exact) mass is 453 g/mol. The van der Waals surface area contributed by atoms with E-state index in [1.807, 2.05) is 17.2 Å². The van der Waals surface area contributed by atoms with Gasteiger partial charge in [0.05, 0.1) is 18.1 Å². The van der Waals surface area contributed by atoms with Gasteiger partial charge in [-0.05, 0) is 55.3 Å². The molecule has 172 valence electrons. The summed E-state index contributed by atoms with van der Waals surface area (Å²) >= 11 is 0. The molecule has 6 heteroatoms. The molecule has 32 heavy (non-hydrogen) atoms. The standard InChI is InChI=1S/C26H36N3O2P/c1-6-17(2)16-31-23-11-21(8-7-18(23)3)24-12-25(30)29-15-22(9-10-26(29)32-24)28-13-19(4)27-20(5)14-28/h7-12,15,17,19-20,26-27,32H,6,13-14,16H2,1-5H3/t17?,19-,20+,26?. The van der Waals surface area contributed by atoms with Gasteiger partial charge in [-0.3, -0.25) is 4.79 Å². The van der Waals surface area contributed by atoms with E-state index in [1.165, 1.54) is 0 Å². The van der Waals surface area contributed by atoms with Gasteiger partial charge in [-0.2, -0.15) is 0 Å². The molecule has 5 nitrogen and oxygen atoms in total. The minimum Gasteiger partial charge on any atom is -0.493 e. The van der Waals surface area contributed by atoms with Crippen molar-refractivity contribution in [3.63, 3.8) is 0 Å². The maximum absolute atomic E-state index is 13.1. The van der Waals surface area contributed by atoms with Crippen LogP contribution in [0.4, 0.5) is 0 Å². The van der Waals surface area contributed by atoms with E-state index in [0.717, 1.165) is 54.0 Å². The van der Waals surface area contributed by atoms with E-state index in [-0.39, 0.29) is 11.7 Å². The molecule has 5 atom stereocenters. The lowest BCUT2D eigenvalue weighted by Crippen LogP contribution is -2.54. The number of benzene rings is 1. The number of fused-ring (bicyclic) bond motifs is 1. The van der Waals surface area contributed by atoms with Crippen molar-refractivity contribution in [1.29, 1.82) is 0 Å². The van der Waals surface area contributed by atoms with Crippen molar-refractivity contribution in [3.05, 3.63) is 59.5 Å². The van der Waals surface area contributed by atoms with Gasteiger partial charge in [0.1, 0.15) is 5.75 Å². The second-order valence-corrected chi connectivity index (χ2v) is 10.9. The molecule has 3 heterocycles. The van der Waals surface area contributed by atoms with Gasteiger partial charge in [-0.25, -0.2) is 0 Å². The van der Waals surface area contributed by atoms with Gasteiger partial charge in [0.2, 0.25) is 0 Å². The van der Waals surface area contributed by atoms with Crippen molar-refractivity contribution in [1.82, 2.24) is 15.1 Å². The second kappa shape index (κ2) is 9.80. The third kappa shape index (κ3) is 5.10. The molecule has 3 aliphatic heterocycles. The van der Waals surface area contributed by atoms with E-state index in [0.29, 0.717) is 26.6 Å². The summed E-state index contributed by atoms with van der Waals surface area (Å²) < 4.78 is 6.10. The van der Waals surface area contributed by atoms with Crippen molar-refractivity contribution in [2.45, 2.75) is 58.9 Å². The summed E-state index contributed by atoms with van der Waals surface area (Å²) in [6, 6.07) is 7.20. The largest absolute Gasteiger partial charge is 0.493 e. The minimum atomic E-state index is 0.0597. The predicted octanol–water partition coefficient (Wildman–Crippen LogP) is 4.70. The first-order chi connectivity index (χ1) is 15.3. The maximum Gasteiger partial charge on any atom is 0.252 e. The van der Waals surface area contributed by atoms with Crippen LogP contribution in [0.25, 0.3) is 5.31 Å². The van der Waals surface area contributed by atoms with Gasteiger partial charge in [0.25, 0.3) is 5.91 Å². The lowest BCUT2D eigenvalue weighted by atomic mass is 10.1. The molecule has 0 saturated carbocycles. The molecule has 1 saturated heterocycles. The first-order valence-corrected chi connectivity index (χ1v) is 12.9. The summed E-state index contributed by atoms with van der Waals surface area (Å²) in [4.78, 5) is 17.4. The number of ether oxygens (including phenoxy) is 1. The lowest BCUT2D eigenvalue weighted by Gasteiger charge is -2.41. The molecule has 0 bridgehead atoms. The Kier molecular flexibility index (Phi) is 7.07. The molecule has 0 aromatic heterocycles. The number of carbonyl (C=O) groups is 1. The molecular formula is C26H36N3O2P. The highest BCUT2D eigenvalue weighted by Crippen LogP contribution is 2.45. The third-order valence-electron chi connectivity index (χ3n) is 6.49. The minimum absolute atomic E-state index is 0.0597. The zero-order chi connectivity index (χ0) is 22.8. The summed E-state index contributed by atoms with van der Waals surface area (Å²) in [5.74, 6) is 1.60. The van der Waals surface area contributed by atoms with Crippen LogP contribution in [-0.2, 0) is 4.79 Å². The van der Waals surface area contributed by atoms with Crippen molar-refractivity contribution in [2.24, 2.45) is 5.92 Å². The molecular weight excluding hydrogens is 417 g/mol. The number of nitrogens with one attached hydrogen (secondary N) is 1. The molecule has 1 aromatic carbocycles. The Balaban J connectivity index is 1.51. The Bertz CT molecular complexity index is 944. The van der Waals surface area contributed by atoms with Crippen molar-refractivity contribution < 1.29 is 9.53 Å². The summed E-state index contributed by atoms with van der Waals surface area (Å²) in [6.45, 7) is 13.5.